The zero-order valence-electron chi connectivity index (χ0n) is 11.8. The van der Waals surface area contributed by atoms with E-state index in [1.807, 2.05) is 56.3 Å². The van der Waals surface area contributed by atoms with Gasteiger partial charge in [0.1, 0.15) is 5.75 Å². The fourth-order valence-corrected chi connectivity index (χ4v) is 1.81. The molecule has 104 valence electrons. The first kappa shape index (κ1) is 13.2. The number of benzene rings is 1. The van der Waals surface area contributed by atoms with E-state index in [-0.39, 0.29) is 6.01 Å². The van der Waals surface area contributed by atoms with Gasteiger partial charge in [-0.15, -0.1) is 5.10 Å². The molecular weight excluding hydrogens is 264 g/mol. The number of hydrogen-bond donors (Lipinski definition) is 0. The van der Waals surface area contributed by atoms with Gasteiger partial charge in [-0.25, -0.2) is 0 Å². The highest BCUT2D eigenvalue weighted by atomic mass is 16.5. The Labute approximate surface area is 122 Å². The monoisotopic (exact) mass is 278 g/mol. The Morgan fingerprint density at radius 1 is 0.857 bits per heavy atom. The number of rotatable bonds is 3. The molecule has 0 aliphatic carbocycles. The Bertz CT molecular complexity index is 742. The third kappa shape index (κ3) is 3.02. The molecule has 3 aromatic rings. The normalized spacial score (nSPS) is 10.4. The molecule has 2 heterocycles. The van der Waals surface area contributed by atoms with Gasteiger partial charge in [0.2, 0.25) is 0 Å². The van der Waals surface area contributed by atoms with E-state index in [4.69, 9.17) is 4.74 Å². The van der Waals surface area contributed by atoms with E-state index in [9.17, 15) is 0 Å². The van der Waals surface area contributed by atoms with Gasteiger partial charge in [-0.1, -0.05) is 35.4 Å². The van der Waals surface area contributed by atoms with Gasteiger partial charge in [-0.3, -0.25) is 4.98 Å². The van der Waals surface area contributed by atoms with Crippen LogP contribution in [-0.2, 0) is 0 Å². The van der Waals surface area contributed by atoms with Gasteiger partial charge in [0.15, 0.2) is 0 Å². The van der Waals surface area contributed by atoms with Crippen LogP contribution in [0.1, 0.15) is 11.4 Å². The van der Waals surface area contributed by atoms with Crippen molar-refractivity contribution in [2.24, 2.45) is 0 Å². The second-order valence-corrected chi connectivity index (χ2v) is 4.61. The molecule has 3 rings (SSSR count). The second-order valence-electron chi connectivity index (χ2n) is 4.61. The van der Waals surface area contributed by atoms with E-state index in [1.54, 1.807) is 6.20 Å². The molecule has 0 saturated carbocycles. The minimum absolute atomic E-state index is 0.229. The Kier molecular flexibility index (Phi) is 3.55. The lowest BCUT2D eigenvalue weighted by Gasteiger charge is -2.05. The second kappa shape index (κ2) is 5.66. The van der Waals surface area contributed by atoms with Crippen molar-refractivity contribution >= 4 is 0 Å². The molecule has 5 nitrogen and oxygen atoms in total. The van der Waals surface area contributed by atoms with Gasteiger partial charge in [0.05, 0.1) is 23.3 Å². The summed E-state index contributed by atoms with van der Waals surface area (Å²) in [5, 5.41) is 7.89. The number of hydrogen-bond acceptors (Lipinski definition) is 5. The first-order valence-electron chi connectivity index (χ1n) is 6.59. The lowest BCUT2D eigenvalue weighted by molar-refractivity contribution is 0.428. The average molecular weight is 278 g/mol. The van der Waals surface area contributed by atoms with Crippen LogP contribution in [0.3, 0.4) is 0 Å². The van der Waals surface area contributed by atoms with Crippen molar-refractivity contribution in [2.75, 3.05) is 0 Å². The molecule has 0 fully saturated rings. The van der Waals surface area contributed by atoms with Crippen LogP contribution in [0.15, 0.2) is 48.7 Å². The van der Waals surface area contributed by atoms with E-state index in [1.165, 1.54) is 0 Å². The van der Waals surface area contributed by atoms with Gasteiger partial charge in [0.25, 0.3) is 0 Å². The molecule has 2 aromatic heterocycles. The average Bonchev–Trinajstić information content (AvgIpc) is 2.53. The summed E-state index contributed by atoms with van der Waals surface area (Å²) < 4.78 is 5.56. The van der Waals surface area contributed by atoms with Crippen molar-refractivity contribution in [1.82, 2.24) is 20.2 Å². The summed E-state index contributed by atoms with van der Waals surface area (Å²) in [7, 11) is 0. The Morgan fingerprint density at radius 2 is 1.67 bits per heavy atom. The quantitative estimate of drug-likeness (QED) is 0.735. The first-order valence-corrected chi connectivity index (χ1v) is 6.59. The van der Waals surface area contributed by atoms with Crippen LogP contribution in [0.25, 0.3) is 11.3 Å². The molecule has 0 bridgehead atoms. The third-order valence-corrected chi connectivity index (χ3v) is 3.09. The molecule has 0 spiro atoms. The number of pyridine rings is 1. The van der Waals surface area contributed by atoms with Gasteiger partial charge < -0.3 is 4.74 Å². The predicted octanol–water partition coefficient (Wildman–Crippen LogP) is 3.34. The molecule has 0 unspecified atom stereocenters. The van der Waals surface area contributed by atoms with Gasteiger partial charge >= 0.3 is 6.01 Å². The number of nitrogens with zero attached hydrogens (tertiary/aromatic N) is 4. The SMILES string of the molecule is Cc1nnc(Oc2ccc(-c3ccccc3)nc2)nc1C. The maximum atomic E-state index is 5.56. The molecular formula is C16H14N4O. The molecule has 0 saturated heterocycles. The van der Waals surface area contributed by atoms with Crippen molar-refractivity contribution in [2.45, 2.75) is 13.8 Å². The summed E-state index contributed by atoms with van der Waals surface area (Å²) >= 11 is 0. The van der Waals surface area contributed by atoms with E-state index in [0.717, 1.165) is 22.6 Å². The van der Waals surface area contributed by atoms with Crippen LogP contribution < -0.4 is 4.74 Å². The zero-order valence-corrected chi connectivity index (χ0v) is 11.8. The molecule has 0 atom stereocenters. The van der Waals surface area contributed by atoms with Crippen molar-refractivity contribution in [3.05, 3.63) is 60.0 Å². The molecule has 0 radical (unpaired) electrons. The molecule has 0 aliphatic heterocycles. The maximum Gasteiger partial charge on any atom is 0.341 e. The number of aryl methyl sites for hydroxylation is 2. The summed E-state index contributed by atoms with van der Waals surface area (Å²) in [4.78, 5) is 8.61. The van der Waals surface area contributed by atoms with Crippen LogP contribution in [0.4, 0.5) is 0 Å². The lowest BCUT2D eigenvalue weighted by Crippen LogP contribution is -1.99. The molecule has 0 N–H and O–H groups in total. The largest absolute Gasteiger partial charge is 0.422 e. The Morgan fingerprint density at radius 3 is 2.33 bits per heavy atom. The summed E-state index contributed by atoms with van der Waals surface area (Å²) in [6, 6.07) is 13.9. The minimum Gasteiger partial charge on any atom is -0.422 e. The van der Waals surface area contributed by atoms with Crippen molar-refractivity contribution in [1.29, 1.82) is 0 Å². The number of ether oxygens (including phenoxy) is 1. The molecule has 21 heavy (non-hydrogen) atoms. The predicted molar refractivity (Wildman–Crippen MR) is 79.0 cm³/mol. The molecule has 0 aliphatic rings. The highest BCUT2D eigenvalue weighted by molar-refractivity contribution is 5.59. The molecule has 0 amide bonds. The van der Waals surface area contributed by atoms with Gasteiger partial charge in [0, 0.05) is 5.56 Å². The van der Waals surface area contributed by atoms with Crippen LogP contribution >= 0.6 is 0 Å². The summed E-state index contributed by atoms with van der Waals surface area (Å²) in [6.07, 6.45) is 1.65. The van der Waals surface area contributed by atoms with Crippen LogP contribution in [0.5, 0.6) is 11.8 Å². The fourth-order valence-electron chi connectivity index (χ4n) is 1.81. The smallest absolute Gasteiger partial charge is 0.341 e. The topological polar surface area (TPSA) is 60.8 Å². The van der Waals surface area contributed by atoms with Crippen LogP contribution in [-0.4, -0.2) is 20.2 Å². The minimum atomic E-state index is 0.229. The van der Waals surface area contributed by atoms with Crippen molar-refractivity contribution in [3.63, 3.8) is 0 Å². The molecule has 1 aromatic carbocycles. The Balaban J connectivity index is 1.80. The lowest BCUT2D eigenvalue weighted by atomic mass is 10.1. The number of aromatic nitrogens is 4. The summed E-state index contributed by atoms with van der Waals surface area (Å²) in [5.41, 5.74) is 3.55. The van der Waals surface area contributed by atoms with Crippen molar-refractivity contribution in [3.8, 4) is 23.0 Å². The van der Waals surface area contributed by atoms with Gasteiger partial charge in [-0.2, -0.15) is 4.98 Å². The zero-order chi connectivity index (χ0) is 14.7. The Hall–Kier alpha value is -2.82. The standard InChI is InChI=1S/C16H14N4O/c1-11-12(2)19-20-16(18-11)21-14-8-9-15(17-10-14)13-6-4-3-5-7-13/h3-10H,1-2H3. The van der Waals surface area contributed by atoms with Crippen LogP contribution in [0, 0.1) is 13.8 Å². The first-order chi connectivity index (χ1) is 10.2. The van der Waals surface area contributed by atoms with E-state index in [2.05, 4.69) is 20.2 Å². The van der Waals surface area contributed by atoms with E-state index in [0.29, 0.717) is 5.75 Å². The van der Waals surface area contributed by atoms with Crippen LogP contribution in [0.2, 0.25) is 0 Å². The van der Waals surface area contributed by atoms with E-state index >= 15 is 0 Å². The highest BCUT2D eigenvalue weighted by Crippen LogP contribution is 2.21. The van der Waals surface area contributed by atoms with E-state index < -0.39 is 0 Å². The summed E-state index contributed by atoms with van der Waals surface area (Å²) in [6.45, 7) is 3.73. The van der Waals surface area contributed by atoms with Gasteiger partial charge in [-0.05, 0) is 26.0 Å². The fraction of sp³-hybridized carbons (Fsp3) is 0.125. The van der Waals surface area contributed by atoms with Crippen molar-refractivity contribution < 1.29 is 4.74 Å². The highest BCUT2D eigenvalue weighted by Gasteiger charge is 2.05. The maximum absolute atomic E-state index is 5.56. The molecule has 5 heteroatoms. The third-order valence-electron chi connectivity index (χ3n) is 3.09. The summed E-state index contributed by atoms with van der Waals surface area (Å²) in [5.74, 6) is 0.583.